The topological polar surface area (TPSA) is 90.2 Å². The summed E-state index contributed by atoms with van der Waals surface area (Å²) in [5.74, 6) is 0. The summed E-state index contributed by atoms with van der Waals surface area (Å²) in [4.78, 5) is 38.4. The number of rotatable bonds is 2. The Morgan fingerprint density at radius 3 is 1.35 bits per heavy atom. The van der Waals surface area contributed by atoms with Crippen LogP contribution >= 0.6 is 13.4 Å². The fourth-order valence-electron chi connectivity index (χ4n) is 1.80. The largest absolute Gasteiger partial charge is 0.328 e. The van der Waals surface area contributed by atoms with Crippen LogP contribution < -0.4 is 0 Å². The van der Waals surface area contributed by atoms with Crippen LogP contribution in [0.15, 0.2) is 0 Å². The van der Waals surface area contributed by atoms with Crippen LogP contribution in [-0.2, 0) is 26.2 Å². The van der Waals surface area contributed by atoms with E-state index in [-0.39, 0.29) is 0 Å². The molecule has 17 heavy (non-hydrogen) atoms. The maximum atomic E-state index is 10.1. The van der Waals surface area contributed by atoms with Crippen LogP contribution in [0.5, 0.6) is 0 Å². The molecule has 0 fully saturated rings. The van der Waals surface area contributed by atoms with Gasteiger partial charge >= 0.3 is 6.72 Å². The molecule has 0 aliphatic carbocycles. The predicted molar refractivity (Wildman–Crippen MR) is 78.0 cm³/mol. The molecule has 0 unspecified atom stereocenters. The highest BCUT2D eigenvalue weighted by Crippen LogP contribution is 2.61. The third-order valence-electron chi connectivity index (χ3n) is 1.61. The van der Waals surface area contributed by atoms with Crippen LogP contribution in [0, 0.1) is 0 Å². The molecule has 4 N–H and O–H groups in total. The zero-order valence-electron chi connectivity index (χ0n) is 10.9. The second-order valence-electron chi connectivity index (χ2n) is 5.57. The van der Waals surface area contributed by atoms with Crippen LogP contribution in [0.25, 0.3) is 0 Å². The van der Waals surface area contributed by atoms with E-state index in [1.165, 1.54) is 0 Å². The Balaban J connectivity index is 5.96. The molecular weight excluding hydrogens is 302 g/mol. The van der Waals surface area contributed by atoms with Gasteiger partial charge in [0.15, 0.2) is 0 Å². The standard InChI is InChI=1S/C8H22O5P2S2/c1-7(2,3)17(8(4,5)6)15(11,12)13-14(9,10)16/h11-12H,1-6H3,(H2,9,10,16). The van der Waals surface area contributed by atoms with Gasteiger partial charge in [-0.2, -0.15) is 0 Å². The van der Waals surface area contributed by atoms with Gasteiger partial charge in [-0.05, 0) is 11.8 Å². The first-order valence-corrected chi connectivity index (χ1v) is 11.0. The van der Waals surface area contributed by atoms with Crippen LogP contribution in [0.1, 0.15) is 41.5 Å². The maximum Gasteiger partial charge on any atom is 0.328 e. The van der Waals surface area contributed by atoms with E-state index in [1.54, 1.807) is 0 Å². The minimum Gasteiger partial charge on any atom is -0.328 e. The Bertz CT molecular complexity index is 366. The Morgan fingerprint density at radius 1 is 0.882 bits per heavy atom. The molecule has 0 aliphatic rings. The second-order valence-corrected chi connectivity index (χ2v) is 15.2. The first kappa shape index (κ1) is 18.2. The third kappa shape index (κ3) is 6.28. The summed E-state index contributed by atoms with van der Waals surface area (Å²) >= 11 is 4.31. The van der Waals surface area contributed by atoms with Gasteiger partial charge in [-0.3, -0.25) is 0 Å². The summed E-state index contributed by atoms with van der Waals surface area (Å²) in [6.07, 6.45) is 0. The van der Waals surface area contributed by atoms with Crippen LogP contribution in [0.3, 0.4) is 0 Å². The quantitative estimate of drug-likeness (QED) is 0.582. The molecule has 0 bridgehead atoms. The second kappa shape index (κ2) is 5.31. The average Bonchev–Trinajstić information content (AvgIpc) is 1.66. The molecule has 0 amide bonds. The van der Waals surface area contributed by atoms with E-state index in [4.69, 9.17) is 9.79 Å². The molecule has 0 saturated heterocycles. The van der Waals surface area contributed by atoms with E-state index < -0.39 is 33.0 Å². The van der Waals surface area contributed by atoms with Crippen LogP contribution in [-0.4, -0.2) is 29.1 Å². The fourth-order valence-corrected chi connectivity index (χ4v) is 13.4. The molecule has 0 aromatic carbocycles. The van der Waals surface area contributed by atoms with Gasteiger partial charge in [0.2, 0.25) is 0 Å². The van der Waals surface area contributed by atoms with Crippen molar-refractivity contribution < 1.29 is 23.9 Å². The maximum absolute atomic E-state index is 10.1. The SMILES string of the molecule is CC(C)(C)S(C(C)(C)C)=P(O)(O)OP(O)(O)=S. The van der Waals surface area contributed by atoms with Crippen molar-refractivity contribution in [2.75, 3.05) is 0 Å². The Labute approximate surface area is 110 Å². The first-order valence-electron chi connectivity index (χ1n) is 4.94. The molecule has 5 nitrogen and oxygen atoms in total. The molecule has 106 valence electrons. The van der Waals surface area contributed by atoms with Gasteiger partial charge in [-0.25, -0.2) is 4.31 Å². The molecule has 0 saturated carbocycles. The third-order valence-corrected chi connectivity index (χ3v) is 12.0. The van der Waals surface area contributed by atoms with Gasteiger partial charge in [0, 0.05) is 9.49 Å². The summed E-state index contributed by atoms with van der Waals surface area (Å²) < 4.78 is 3.72. The Hall–Kier alpha value is 1.23. The summed E-state index contributed by atoms with van der Waals surface area (Å²) in [5, 5.41) is 0. The first-order chi connectivity index (χ1) is 7.07. The highest BCUT2D eigenvalue weighted by molar-refractivity contribution is 8.30. The van der Waals surface area contributed by atoms with E-state index in [0.717, 1.165) is 0 Å². The predicted octanol–water partition coefficient (Wildman–Crippen LogP) is 2.09. The minimum absolute atomic E-state index is 0.444. The Morgan fingerprint density at radius 2 is 1.18 bits per heavy atom. The monoisotopic (exact) mass is 324 g/mol. The summed E-state index contributed by atoms with van der Waals surface area (Å²) in [5.41, 5.74) is 0. The average molecular weight is 324 g/mol. The highest BCUT2D eigenvalue weighted by Gasteiger charge is 2.38. The van der Waals surface area contributed by atoms with Crippen molar-refractivity contribution in [2.45, 2.75) is 51.0 Å². The van der Waals surface area contributed by atoms with Gasteiger partial charge in [-0.1, -0.05) is 41.5 Å². The van der Waals surface area contributed by atoms with Crippen molar-refractivity contribution in [3.8, 4) is 0 Å². The fraction of sp³-hybridized carbons (Fsp3) is 1.00. The molecule has 9 heteroatoms. The van der Waals surface area contributed by atoms with Crippen molar-refractivity contribution in [1.82, 2.24) is 0 Å². The van der Waals surface area contributed by atoms with Crippen molar-refractivity contribution in [2.24, 2.45) is 0 Å². The lowest BCUT2D eigenvalue weighted by Gasteiger charge is -2.38. The summed E-state index contributed by atoms with van der Waals surface area (Å²) in [6, 6.07) is 0. The van der Waals surface area contributed by atoms with Crippen molar-refractivity contribution >= 4 is 35.3 Å². The van der Waals surface area contributed by atoms with E-state index in [1.807, 2.05) is 41.5 Å². The van der Waals surface area contributed by atoms with Gasteiger partial charge in [0.1, 0.15) is 0 Å². The zero-order valence-corrected chi connectivity index (χ0v) is 14.3. The minimum atomic E-state index is -4.09. The van der Waals surface area contributed by atoms with E-state index in [0.29, 0.717) is 0 Å². The number of hydrogen-bond acceptors (Lipinski definition) is 2. The van der Waals surface area contributed by atoms with E-state index in [9.17, 15) is 9.79 Å². The zero-order chi connectivity index (χ0) is 14.3. The molecule has 0 aromatic rings. The number of hydrogen-bond donors (Lipinski definition) is 4. The smallest absolute Gasteiger partial charge is 0.328 e. The molecule has 0 atom stereocenters. The molecule has 0 rings (SSSR count). The van der Waals surface area contributed by atoms with Gasteiger partial charge in [-0.15, -0.1) is 10.1 Å². The molecular formula is C8H22O5P2S2. The van der Waals surface area contributed by atoms with E-state index >= 15 is 0 Å². The molecule has 0 radical (unpaired) electrons. The summed E-state index contributed by atoms with van der Waals surface area (Å²) in [6.45, 7) is 3.07. The lowest BCUT2D eigenvalue weighted by Crippen LogP contribution is -2.36. The lowest BCUT2D eigenvalue weighted by atomic mass is 10.2. The van der Waals surface area contributed by atoms with Crippen LogP contribution in [0.4, 0.5) is 0 Å². The van der Waals surface area contributed by atoms with Crippen molar-refractivity contribution in [3.05, 3.63) is 0 Å². The molecule has 0 spiro atoms. The molecule has 0 aromatic heterocycles. The van der Waals surface area contributed by atoms with Crippen molar-refractivity contribution in [3.63, 3.8) is 0 Å². The molecule has 0 aliphatic heterocycles. The van der Waals surface area contributed by atoms with Gasteiger partial charge in [0.25, 0.3) is 6.72 Å². The Kier molecular flexibility index (Phi) is 5.70. The molecule has 0 heterocycles. The normalized spacial score (nSPS) is 15.5. The highest BCUT2D eigenvalue weighted by atomic mass is 32.5. The van der Waals surface area contributed by atoms with Gasteiger partial charge < -0.3 is 19.6 Å². The van der Waals surface area contributed by atoms with Crippen molar-refractivity contribution in [1.29, 1.82) is 0 Å². The van der Waals surface area contributed by atoms with Gasteiger partial charge in [0.05, 0.1) is 0 Å². The lowest BCUT2D eigenvalue weighted by molar-refractivity contribution is 0.318. The van der Waals surface area contributed by atoms with Crippen LogP contribution in [0.2, 0.25) is 0 Å². The van der Waals surface area contributed by atoms with E-state index in [2.05, 4.69) is 16.1 Å². The summed E-state index contributed by atoms with van der Waals surface area (Å²) in [7, 11) is -0.975.